The first-order valence-electron chi connectivity index (χ1n) is 5.87. The number of aldehydes is 1. The number of carbonyl (C=O) groups is 1. The molecule has 1 aliphatic rings. The molecular formula is C13H17NO3. The summed E-state index contributed by atoms with van der Waals surface area (Å²) in [6, 6.07) is 7.19. The Kier molecular flexibility index (Phi) is 3.45. The van der Waals surface area contributed by atoms with Crippen LogP contribution in [0.3, 0.4) is 0 Å². The molecule has 0 amide bonds. The summed E-state index contributed by atoms with van der Waals surface area (Å²) in [4.78, 5) is 11.2. The van der Waals surface area contributed by atoms with Gasteiger partial charge in [-0.1, -0.05) is 18.2 Å². The van der Waals surface area contributed by atoms with Crippen LogP contribution >= 0.6 is 0 Å². The zero-order valence-electron chi connectivity index (χ0n) is 10.1. The van der Waals surface area contributed by atoms with Gasteiger partial charge in [0.15, 0.2) is 0 Å². The quantitative estimate of drug-likeness (QED) is 0.625. The normalized spacial score (nSPS) is 20.7. The highest BCUT2D eigenvalue weighted by molar-refractivity contribution is 5.74. The number of benzene rings is 1. The van der Waals surface area contributed by atoms with Gasteiger partial charge < -0.3 is 19.6 Å². The molecule has 0 saturated carbocycles. The van der Waals surface area contributed by atoms with Gasteiger partial charge in [0, 0.05) is 24.5 Å². The van der Waals surface area contributed by atoms with E-state index in [1.807, 2.05) is 38.1 Å². The predicted octanol–water partition coefficient (Wildman–Crippen LogP) is 1.91. The Morgan fingerprint density at radius 3 is 2.53 bits per heavy atom. The second-order valence-corrected chi connectivity index (χ2v) is 3.84. The maximum atomic E-state index is 11.2. The Hall–Kier alpha value is -1.39. The van der Waals surface area contributed by atoms with Crippen LogP contribution in [0.5, 0.6) is 0 Å². The second-order valence-electron chi connectivity index (χ2n) is 3.84. The lowest BCUT2D eigenvalue weighted by atomic mass is 10.0. The molecule has 0 radical (unpaired) electrons. The lowest BCUT2D eigenvalue weighted by molar-refractivity contribution is -0.242. The molecule has 0 aromatic heterocycles. The molecule has 0 bridgehead atoms. The summed E-state index contributed by atoms with van der Waals surface area (Å²) in [5, 5.41) is 3.13. The third-order valence-corrected chi connectivity index (χ3v) is 2.88. The van der Waals surface area contributed by atoms with Crippen LogP contribution in [0.1, 0.15) is 19.4 Å². The van der Waals surface area contributed by atoms with Crippen molar-refractivity contribution in [1.29, 1.82) is 0 Å². The summed E-state index contributed by atoms with van der Waals surface area (Å²) in [6.07, 6.45) is 0.839. The van der Waals surface area contributed by atoms with Crippen LogP contribution in [-0.4, -0.2) is 25.5 Å². The number of anilines is 1. The largest absolute Gasteiger partial charge is 0.370 e. The summed E-state index contributed by atoms with van der Waals surface area (Å²) >= 11 is 0. The van der Waals surface area contributed by atoms with Crippen molar-refractivity contribution in [2.75, 3.05) is 18.5 Å². The molecule has 4 heteroatoms. The van der Waals surface area contributed by atoms with Gasteiger partial charge in [-0.15, -0.1) is 0 Å². The van der Waals surface area contributed by atoms with E-state index in [9.17, 15) is 4.79 Å². The van der Waals surface area contributed by atoms with Crippen LogP contribution in [0.15, 0.2) is 24.3 Å². The fourth-order valence-electron chi connectivity index (χ4n) is 2.27. The lowest BCUT2D eigenvalue weighted by Gasteiger charge is -2.32. The van der Waals surface area contributed by atoms with Crippen molar-refractivity contribution in [2.45, 2.75) is 25.7 Å². The Bertz CT molecular complexity index is 399. The minimum absolute atomic E-state index is 0.486. The Balaban J connectivity index is 2.48. The first-order chi connectivity index (χ1) is 8.28. The monoisotopic (exact) mass is 235 g/mol. The molecule has 0 aliphatic carbocycles. The molecule has 1 aromatic rings. The van der Waals surface area contributed by atoms with Gasteiger partial charge in [-0.25, -0.2) is 0 Å². The van der Waals surface area contributed by atoms with Crippen molar-refractivity contribution >= 4 is 12.0 Å². The van der Waals surface area contributed by atoms with Crippen LogP contribution in [0.2, 0.25) is 0 Å². The molecule has 92 valence electrons. The maximum absolute atomic E-state index is 11.2. The molecular weight excluding hydrogens is 218 g/mol. The van der Waals surface area contributed by atoms with Crippen LogP contribution in [0, 0.1) is 0 Å². The fraction of sp³-hybridized carbons (Fsp3) is 0.462. The number of ether oxygens (including phenoxy) is 2. The van der Waals surface area contributed by atoms with Gasteiger partial charge in [0.2, 0.25) is 5.79 Å². The number of rotatable bonds is 5. The van der Waals surface area contributed by atoms with E-state index in [1.165, 1.54) is 0 Å². The van der Waals surface area contributed by atoms with E-state index < -0.39 is 11.8 Å². The molecule has 0 fully saturated rings. The van der Waals surface area contributed by atoms with E-state index in [-0.39, 0.29) is 0 Å². The molecule has 0 spiro atoms. The number of nitrogens with one attached hydrogen (secondary N) is 1. The lowest BCUT2D eigenvalue weighted by Crippen LogP contribution is -2.45. The minimum Gasteiger partial charge on any atom is -0.370 e. The molecule has 1 atom stereocenters. The number of carbonyl (C=O) groups excluding carboxylic acids is 1. The highest BCUT2D eigenvalue weighted by Gasteiger charge is 2.49. The van der Waals surface area contributed by atoms with Crippen molar-refractivity contribution in [1.82, 2.24) is 0 Å². The zero-order chi connectivity index (χ0) is 12.3. The van der Waals surface area contributed by atoms with E-state index >= 15 is 0 Å². The molecule has 4 nitrogen and oxygen atoms in total. The fourth-order valence-corrected chi connectivity index (χ4v) is 2.27. The van der Waals surface area contributed by atoms with Gasteiger partial charge in [0.1, 0.15) is 12.3 Å². The zero-order valence-corrected chi connectivity index (χ0v) is 10.1. The van der Waals surface area contributed by atoms with Gasteiger partial charge in [0.25, 0.3) is 0 Å². The highest BCUT2D eigenvalue weighted by Crippen LogP contribution is 2.42. The van der Waals surface area contributed by atoms with Crippen molar-refractivity contribution in [3.05, 3.63) is 29.8 Å². The molecule has 0 saturated heterocycles. The number of hydrogen-bond acceptors (Lipinski definition) is 4. The maximum Gasteiger partial charge on any atom is 0.224 e. The van der Waals surface area contributed by atoms with Crippen molar-refractivity contribution in [3.63, 3.8) is 0 Å². The first-order valence-corrected chi connectivity index (χ1v) is 5.87. The summed E-state index contributed by atoms with van der Waals surface area (Å²) < 4.78 is 11.5. The van der Waals surface area contributed by atoms with Gasteiger partial charge in [-0.3, -0.25) is 0 Å². The smallest absolute Gasteiger partial charge is 0.224 e. The molecule has 1 unspecified atom stereocenters. The van der Waals surface area contributed by atoms with Gasteiger partial charge in [-0.2, -0.15) is 0 Å². The van der Waals surface area contributed by atoms with E-state index in [2.05, 4.69) is 5.32 Å². The number of fused-ring (bicyclic) bond motifs is 1. The molecule has 1 heterocycles. The average Bonchev–Trinajstić information content (AvgIpc) is 2.65. The summed E-state index contributed by atoms with van der Waals surface area (Å²) in [5.74, 6) is -0.984. The third-order valence-electron chi connectivity index (χ3n) is 2.88. The average molecular weight is 235 g/mol. The minimum atomic E-state index is -0.984. The predicted molar refractivity (Wildman–Crippen MR) is 64.8 cm³/mol. The van der Waals surface area contributed by atoms with Gasteiger partial charge >= 0.3 is 0 Å². The van der Waals surface area contributed by atoms with E-state index in [0.29, 0.717) is 13.2 Å². The number of para-hydroxylation sites is 1. The third kappa shape index (κ3) is 1.83. The van der Waals surface area contributed by atoms with Crippen molar-refractivity contribution < 1.29 is 14.3 Å². The van der Waals surface area contributed by atoms with Crippen LogP contribution in [0.4, 0.5) is 5.69 Å². The first kappa shape index (κ1) is 12.1. The SMILES string of the molecule is CCOC1(OCC)c2ccccc2NC1C=O. The summed E-state index contributed by atoms with van der Waals surface area (Å²) in [6.45, 7) is 4.76. The summed E-state index contributed by atoms with van der Waals surface area (Å²) in [5.41, 5.74) is 1.78. The highest BCUT2D eigenvalue weighted by atomic mass is 16.7. The molecule has 2 rings (SSSR count). The van der Waals surface area contributed by atoms with Crippen LogP contribution in [-0.2, 0) is 20.1 Å². The molecule has 1 N–H and O–H groups in total. The standard InChI is InChI=1S/C13H17NO3/c1-3-16-13(17-4-2)10-7-5-6-8-11(10)14-12(13)9-15/h5-9,12,14H,3-4H2,1-2H3. The van der Waals surface area contributed by atoms with Gasteiger partial charge in [0.05, 0.1) is 0 Å². The molecule has 17 heavy (non-hydrogen) atoms. The Morgan fingerprint density at radius 2 is 1.94 bits per heavy atom. The number of hydrogen-bond donors (Lipinski definition) is 1. The summed E-state index contributed by atoms with van der Waals surface area (Å²) in [7, 11) is 0. The van der Waals surface area contributed by atoms with Crippen molar-refractivity contribution in [3.8, 4) is 0 Å². The van der Waals surface area contributed by atoms with Crippen LogP contribution in [0.25, 0.3) is 0 Å². The van der Waals surface area contributed by atoms with Crippen LogP contribution < -0.4 is 5.32 Å². The van der Waals surface area contributed by atoms with E-state index in [1.54, 1.807) is 0 Å². The van der Waals surface area contributed by atoms with E-state index in [4.69, 9.17) is 9.47 Å². The molecule has 1 aliphatic heterocycles. The topological polar surface area (TPSA) is 47.6 Å². The molecule has 1 aromatic carbocycles. The van der Waals surface area contributed by atoms with Gasteiger partial charge in [-0.05, 0) is 19.9 Å². The Morgan fingerprint density at radius 1 is 1.29 bits per heavy atom. The second kappa shape index (κ2) is 4.85. The van der Waals surface area contributed by atoms with Crippen molar-refractivity contribution in [2.24, 2.45) is 0 Å². The van der Waals surface area contributed by atoms with E-state index in [0.717, 1.165) is 17.5 Å². The Labute approximate surface area is 101 Å².